The lowest BCUT2D eigenvalue weighted by Crippen LogP contribution is -2.36. The number of halogens is 1. The summed E-state index contributed by atoms with van der Waals surface area (Å²) in [6.45, 7) is 5.83. The van der Waals surface area contributed by atoms with Gasteiger partial charge in [-0.25, -0.2) is 0 Å². The molecule has 0 N–H and O–H groups in total. The number of hydrogen-bond acceptors (Lipinski definition) is 4. The van der Waals surface area contributed by atoms with Gasteiger partial charge in [-0.2, -0.15) is 0 Å². The van der Waals surface area contributed by atoms with Crippen LogP contribution in [0.1, 0.15) is 21.7 Å². The van der Waals surface area contributed by atoms with Crippen molar-refractivity contribution in [3.05, 3.63) is 63.8 Å². The molecule has 2 aromatic carbocycles. The van der Waals surface area contributed by atoms with Crippen molar-refractivity contribution in [2.45, 2.75) is 13.5 Å². The highest BCUT2D eigenvalue weighted by atomic mass is 79.9. The van der Waals surface area contributed by atoms with E-state index >= 15 is 0 Å². The van der Waals surface area contributed by atoms with Gasteiger partial charge >= 0.3 is 0 Å². The van der Waals surface area contributed by atoms with Crippen molar-refractivity contribution in [1.82, 2.24) is 4.90 Å². The Bertz CT molecular complexity index is 991. The second kappa shape index (κ2) is 7.97. The van der Waals surface area contributed by atoms with Crippen LogP contribution in [-0.2, 0) is 11.3 Å². The minimum absolute atomic E-state index is 0.109. The van der Waals surface area contributed by atoms with Crippen molar-refractivity contribution >= 4 is 38.5 Å². The molecule has 146 valence electrons. The Morgan fingerprint density at radius 3 is 2.57 bits per heavy atom. The van der Waals surface area contributed by atoms with Gasteiger partial charge in [-0.05, 0) is 42.8 Å². The van der Waals surface area contributed by atoms with Gasteiger partial charge in [0.25, 0.3) is 5.91 Å². The first kappa shape index (κ1) is 19.0. The van der Waals surface area contributed by atoms with Crippen LogP contribution in [0.5, 0.6) is 0 Å². The second-order valence-electron chi connectivity index (χ2n) is 7.12. The number of aryl methyl sites for hydroxylation is 1. The number of anilines is 1. The summed E-state index contributed by atoms with van der Waals surface area (Å²) in [5, 5.41) is 0.959. The summed E-state index contributed by atoms with van der Waals surface area (Å²) < 4.78 is 12.2. The largest absolute Gasteiger partial charge is 0.451 e. The quantitative estimate of drug-likeness (QED) is 0.591. The maximum absolute atomic E-state index is 12.9. The Morgan fingerprint density at radius 2 is 1.86 bits per heavy atom. The number of fused-ring (bicyclic) bond motifs is 1. The third-order valence-electron chi connectivity index (χ3n) is 5.17. The molecular formula is C22H23BrN2O3. The summed E-state index contributed by atoms with van der Waals surface area (Å²) in [5.41, 5.74) is 3.88. The zero-order chi connectivity index (χ0) is 19.7. The van der Waals surface area contributed by atoms with Crippen LogP contribution in [0.15, 0.2) is 51.4 Å². The van der Waals surface area contributed by atoms with Gasteiger partial charge in [0, 0.05) is 47.8 Å². The van der Waals surface area contributed by atoms with E-state index < -0.39 is 0 Å². The van der Waals surface area contributed by atoms with E-state index in [0.717, 1.165) is 52.9 Å². The molecule has 0 saturated carbocycles. The van der Waals surface area contributed by atoms with Crippen LogP contribution in [-0.4, -0.2) is 44.2 Å². The molecule has 4 rings (SSSR count). The minimum Gasteiger partial charge on any atom is -0.451 e. The fourth-order valence-corrected chi connectivity index (χ4v) is 3.91. The van der Waals surface area contributed by atoms with E-state index in [1.807, 2.05) is 25.1 Å². The van der Waals surface area contributed by atoms with Crippen molar-refractivity contribution in [2.24, 2.45) is 0 Å². The number of morpholine rings is 1. The first-order chi connectivity index (χ1) is 13.5. The van der Waals surface area contributed by atoms with Crippen molar-refractivity contribution in [3.63, 3.8) is 0 Å². The van der Waals surface area contributed by atoms with Crippen LogP contribution in [0, 0.1) is 6.92 Å². The van der Waals surface area contributed by atoms with Crippen LogP contribution in [0.3, 0.4) is 0 Å². The molecule has 1 aromatic heterocycles. The molecule has 1 saturated heterocycles. The number of carbonyl (C=O) groups is 1. The van der Waals surface area contributed by atoms with E-state index in [-0.39, 0.29) is 5.91 Å². The van der Waals surface area contributed by atoms with Gasteiger partial charge in [-0.3, -0.25) is 4.79 Å². The van der Waals surface area contributed by atoms with Crippen molar-refractivity contribution in [1.29, 1.82) is 0 Å². The van der Waals surface area contributed by atoms with Crippen molar-refractivity contribution < 1.29 is 13.9 Å². The zero-order valence-corrected chi connectivity index (χ0v) is 17.7. The molecule has 0 radical (unpaired) electrons. The molecule has 5 nitrogen and oxygen atoms in total. The molecule has 1 fully saturated rings. The number of amides is 1. The molecule has 3 aromatic rings. The number of carbonyl (C=O) groups excluding carboxylic acids is 1. The minimum atomic E-state index is -0.109. The number of nitrogens with zero attached hydrogens (tertiary/aromatic N) is 2. The summed E-state index contributed by atoms with van der Waals surface area (Å²) >= 11 is 3.47. The average molecular weight is 443 g/mol. The summed E-state index contributed by atoms with van der Waals surface area (Å²) in [6, 6.07) is 14.2. The topological polar surface area (TPSA) is 45.9 Å². The lowest BCUT2D eigenvalue weighted by molar-refractivity contribution is 0.0755. The normalized spacial score (nSPS) is 14.5. The highest BCUT2D eigenvalue weighted by Gasteiger charge is 2.21. The van der Waals surface area contributed by atoms with Crippen molar-refractivity contribution in [3.8, 4) is 0 Å². The zero-order valence-electron chi connectivity index (χ0n) is 16.1. The number of hydrogen-bond donors (Lipinski definition) is 0. The Labute approximate surface area is 173 Å². The Balaban J connectivity index is 1.48. The summed E-state index contributed by atoms with van der Waals surface area (Å²) in [4.78, 5) is 17.0. The fraction of sp³-hybridized carbons (Fsp3) is 0.318. The fourth-order valence-electron chi connectivity index (χ4n) is 3.55. The van der Waals surface area contributed by atoms with E-state index in [0.29, 0.717) is 12.3 Å². The second-order valence-corrected chi connectivity index (χ2v) is 8.04. The average Bonchev–Trinajstić information content (AvgIpc) is 3.04. The summed E-state index contributed by atoms with van der Waals surface area (Å²) in [6.07, 6.45) is 0. The molecule has 1 amide bonds. The lowest BCUT2D eigenvalue weighted by atomic mass is 10.1. The Kier molecular flexibility index (Phi) is 5.42. The van der Waals surface area contributed by atoms with Crippen molar-refractivity contribution in [2.75, 3.05) is 38.3 Å². The van der Waals surface area contributed by atoms with Crippen LogP contribution in [0.25, 0.3) is 11.0 Å². The molecule has 0 spiro atoms. The Morgan fingerprint density at radius 1 is 1.14 bits per heavy atom. The van der Waals surface area contributed by atoms with Gasteiger partial charge in [0.05, 0.1) is 13.2 Å². The maximum Gasteiger partial charge on any atom is 0.289 e. The van der Waals surface area contributed by atoms with E-state index in [4.69, 9.17) is 9.15 Å². The first-order valence-corrected chi connectivity index (χ1v) is 10.2. The molecule has 2 heterocycles. The summed E-state index contributed by atoms with van der Waals surface area (Å²) in [7, 11) is 1.81. The molecule has 0 unspecified atom stereocenters. The van der Waals surface area contributed by atoms with E-state index in [1.165, 1.54) is 5.69 Å². The molecule has 1 aliphatic rings. The monoisotopic (exact) mass is 442 g/mol. The number of rotatable bonds is 4. The number of furan rings is 1. The number of benzene rings is 2. The van der Waals surface area contributed by atoms with Gasteiger partial charge in [-0.1, -0.05) is 28.1 Å². The van der Waals surface area contributed by atoms with Gasteiger partial charge in [0.2, 0.25) is 0 Å². The maximum atomic E-state index is 12.9. The molecular weight excluding hydrogens is 420 g/mol. The summed E-state index contributed by atoms with van der Waals surface area (Å²) in [5.74, 6) is 0.294. The van der Waals surface area contributed by atoms with E-state index in [9.17, 15) is 4.79 Å². The van der Waals surface area contributed by atoms with E-state index in [2.05, 4.69) is 45.1 Å². The van der Waals surface area contributed by atoms with Crippen LogP contribution >= 0.6 is 15.9 Å². The lowest BCUT2D eigenvalue weighted by Gasteiger charge is -2.29. The molecule has 0 aliphatic carbocycles. The standard InChI is InChI=1S/C22H23BrN2O3/c1-15-19-13-17(23)5-8-20(19)28-21(15)22(26)24(2)14-16-3-6-18(7-4-16)25-9-11-27-12-10-25/h3-8,13H,9-12,14H2,1-2H3. The third kappa shape index (κ3) is 3.80. The van der Waals surface area contributed by atoms with Gasteiger partial charge in [0.1, 0.15) is 5.58 Å². The van der Waals surface area contributed by atoms with Gasteiger partial charge in [0.15, 0.2) is 5.76 Å². The van der Waals surface area contributed by atoms with Gasteiger partial charge < -0.3 is 19.0 Å². The highest BCUT2D eigenvalue weighted by Crippen LogP contribution is 2.29. The van der Waals surface area contributed by atoms with Crippen LogP contribution in [0.4, 0.5) is 5.69 Å². The number of ether oxygens (including phenoxy) is 1. The predicted molar refractivity (Wildman–Crippen MR) is 114 cm³/mol. The van der Waals surface area contributed by atoms with Gasteiger partial charge in [-0.15, -0.1) is 0 Å². The SMILES string of the molecule is Cc1c(C(=O)N(C)Cc2ccc(N3CCOCC3)cc2)oc2ccc(Br)cc12. The molecule has 0 atom stereocenters. The Hall–Kier alpha value is -2.31. The predicted octanol–water partition coefficient (Wildman–Crippen LogP) is 4.61. The van der Waals surface area contributed by atoms with E-state index in [1.54, 1.807) is 11.9 Å². The molecule has 28 heavy (non-hydrogen) atoms. The molecule has 0 bridgehead atoms. The third-order valence-corrected chi connectivity index (χ3v) is 5.66. The highest BCUT2D eigenvalue weighted by molar-refractivity contribution is 9.10. The molecule has 6 heteroatoms. The smallest absolute Gasteiger partial charge is 0.289 e. The van der Waals surface area contributed by atoms with Crippen LogP contribution < -0.4 is 4.90 Å². The molecule has 1 aliphatic heterocycles. The van der Waals surface area contributed by atoms with Crippen LogP contribution in [0.2, 0.25) is 0 Å². The first-order valence-electron chi connectivity index (χ1n) is 9.38.